The molecule has 2 amide bonds. The van der Waals surface area contributed by atoms with Crippen LogP contribution in [0.1, 0.15) is 34.0 Å². The lowest BCUT2D eigenvalue weighted by Gasteiger charge is -2.16. The van der Waals surface area contributed by atoms with Gasteiger partial charge in [0.15, 0.2) is 15.8 Å². The lowest BCUT2D eigenvalue weighted by molar-refractivity contribution is -0.123. The number of thioether (sulfide) groups is 1. The van der Waals surface area contributed by atoms with Gasteiger partial charge in [-0.2, -0.15) is 5.01 Å². The van der Waals surface area contributed by atoms with Crippen molar-refractivity contribution in [2.45, 2.75) is 20.5 Å². The maximum absolute atomic E-state index is 13.1. The molecular weight excluding hydrogens is 640 g/mol. The van der Waals surface area contributed by atoms with Crippen LogP contribution in [0.2, 0.25) is 0 Å². The third-order valence-corrected chi connectivity index (χ3v) is 7.61. The highest BCUT2D eigenvalue weighted by Crippen LogP contribution is 2.39. The van der Waals surface area contributed by atoms with E-state index in [-0.39, 0.29) is 4.32 Å². The number of hydrazine groups is 1. The number of aryl methyl sites for hydroxylation is 1. The van der Waals surface area contributed by atoms with E-state index in [0.29, 0.717) is 39.7 Å². The van der Waals surface area contributed by atoms with Crippen molar-refractivity contribution in [2.24, 2.45) is 0 Å². The van der Waals surface area contributed by atoms with Crippen LogP contribution in [0.25, 0.3) is 6.08 Å². The Morgan fingerprint density at radius 3 is 2.57 bits per heavy atom. The van der Waals surface area contributed by atoms with Crippen molar-refractivity contribution in [3.8, 4) is 11.5 Å². The zero-order valence-corrected chi connectivity index (χ0v) is 24.7. The molecule has 3 aromatic rings. The SMILES string of the molecule is CCOc1cc(/C=C2/SC(=S)N(NC(=O)c3ccc(C)cc3)C2=O)cc(Br)c1OCc1cccc(Br)c1. The van der Waals surface area contributed by atoms with Gasteiger partial charge in [-0.1, -0.05) is 57.5 Å². The van der Waals surface area contributed by atoms with E-state index in [1.54, 1.807) is 18.2 Å². The van der Waals surface area contributed by atoms with Gasteiger partial charge in [-0.15, -0.1) is 0 Å². The summed E-state index contributed by atoms with van der Waals surface area (Å²) in [5.74, 6) is 0.295. The van der Waals surface area contributed by atoms with Crippen molar-refractivity contribution < 1.29 is 19.1 Å². The van der Waals surface area contributed by atoms with Crippen molar-refractivity contribution in [3.63, 3.8) is 0 Å². The van der Waals surface area contributed by atoms with Crippen LogP contribution >= 0.6 is 55.8 Å². The van der Waals surface area contributed by atoms with Gasteiger partial charge in [0, 0.05) is 10.0 Å². The second-order valence-electron chi connectivity index (χ2n) is 8.01. The Bertz CT molecular complexity index is 1390. The minimum Gasteiger partial charge on any atom is -0.490 e. The Morgan fingerprint density at radius 2 is 1.86 bits per heavy atom. The summed E-state index contributed by atoms with van der Waals surface area (Å²) in [6.45, 7) is 4.62. The third-order valence-electron chi connectivity index (χ3n) is 5.22. The molecule has 1 aliphatic rings. The first-order valence-corrected chi connectivity index (χ1v) is 14.1. The summed E-state index contributed by atoms with van der Waals surface area (Å²) in [4.78, 5) is 26.1. The molecule has 0 atom stereocenters. The van der Waals surface area contributed by atoms with Crippen LogP contribution < -0.4 is 14.9 Å². The van der Waals surface area contributed by atoms with E-state index in [0.717, 1.165) is 37.9 Å². The average Bonchev–Trinajstić information content (AvgIpc) is 3.11. The van der Waals surface area contributed by atoms with Crippen molar-refractivity contribution in [1.29, 1.82) is 0 Å². The number of hydrogen-bond donors (Lipinski definition) is 1. The number of benzene rings is 3. The molecule has 4 rings (SSSR count). The molecule has 1 fully saturated rings. The third kappa shape index (κ3) is 6.81. The standard InChI is InChI=1S/C27H22Br2N2O4S2/c1-3-34-22-13-18(12-21(29)24(22)35-15-17-5-4-6-20(28)11-17)14-23-26(33)31(27(36)37-23)30-25(32)19-9-7-16(2)8-10-19/h4-14H,3,15H2,1-2H3,(H,30,32)/b23-14+. The predicted molar refractivity (Wildman–Crippen MR) is 157 cm³/mol. The molecule has 0 spiro atoms. The number of nitrogens with one attached hydrogen (secondary N) is 1. The Labute approximate surface area is 241 Å². The second kappa shape index (κ2) is 12.3. The van der Waals surface area contributed by atoms with Crippen LogP contribution in [0.5, 0.6) is 11.5 Å². The summed E-state index contributed by atoms with van der Waals surface area (Å²) in [6.07, 6.45) is 1.71. The van der Waals surface area contributed by atoms with Gasteiger partial charge in [-0.05, 0) is 95.6 Å². The molecule has 190 valence electrons. The molecule has 1 saturated heterocycles. The van der Waals surface area contributed by atoms with Crippen LogP contribution in [-0.4, -0.2) is 27.8 Å². The minimum atomic E-state index is -0.411. The largest absolute Gasteiger partial charge is 0.490 e. The van der Waals surface area contributed by atoms with Gasteiger partial charge in [0.2, 0.25) is 0 Å². The first-order chi connectivity index (χ1) is 17.7. The number of thiocarbonyl (C=S) groups is 1. The van der Waals surface area contributed by atoms with Gasteiger partial charge in [-0.3, -0.25) is 15.0 Å². The van der Waals surface area contributed by atoms with E-state index in [2.05, 4.69) is 37.3 Å². The smallest absolute Gasteiger partial charge is 0.285 e. The van der Waals surface area contributed by atoms with Gasteiger partial charge in [0.1, 0.15) is 6.61 Å². The summed E-state index contributed by atoms with van der Waals surface area (Å²) in [6, 6.07) is 18.6. The molecule has 0 radical (unpaired) electrons. The summed E-state index contributed by atoms with van der Waals surface area (Å²) >= 11 is 13.5. The lowest BCUT2D eigenvalue weighted by atomic mass is 10.1. The normalized spacial score (nSPS) is 14.3. The molecule has 10 heteroatoms. The van der Waals surface area contributed by atoms with E-state index in [1.807, 2.05) is 62.4 Å². The average molecular weight is 662 g/mol. The van der Waals surface area contributed by atoms with Gasteiger partial charge in [0.25, 0.3) is 11.8 Å². The summed E-state index contributed by atoms with van der Waals surface area (Å²) in [7, 11) is 0. The van der Waals surface area contributed by atoms with Gasteiger partial charge in [0.05, 0.1) is 16.0 Å². The highest BCUT2D eigenvalue weighted by molar-refractivity contribution is 9.10. The first kappa shape index (κ1) is 27.4. The number of carbonyl (C=O) groups is 2. The molecule has 0 aromatic heterocycles. The quantitative estimate of drug-likeness (QED) is 0.206. The van der Waals surface area contributed by atoms with E-state index in [4.69, 9.17) is 21.7 Å². The van der Waals surface area contributed by atoms with E-state index >= 15 is 0 Å². The number of nitrogens with zero attached hydrogens (tertiary/aromatic N) is 1. The molecule has 1 aliphatic heterocycles. The predicted octanol–water partition coefficient (Wildman–Crippen LogP) is 7.04. The van der Waals surface area contributed by atoms with Crippen LogP contribution in [0.15, 0.2) is 74.5 Å². The maximum Gasteiger partial charge on any atom is 0.285 e. The number of carbonyl (C=O) groups excluding carboxylic acids is 2. The summed E-state index contributed by atoms with van der Waals surface area (Å²) in [5, 5.41) is 1.10. The van der Waals surface area contributed by atoms with Crippen molar-refractivity contribution in [2.75, 3.05) is 6.61 Å². The Morgan fingerprint density at radius 1 is 1.11 bits per heavy atom. The lowest BCUT2D eigenvalue weighted by Crippen LogP contribution is -2.44. The minimum absolute atomic E-state index is 0.245. The molecule has 37 heavy (non-hydrogen) atoms. The fraction of sp³-hybridized carbons (Fsp3) is 0.148. The first-order valence-electron chi connectivity index (χ1n) is 11.2. The fourth-order valence-electron chi connectivity index (χ4n) is 3.44. The summed E-state index contributed by atoms with van der Waals surface area (Å²) in [5.41, 5.74) is 5.80. The number of rotatable bonds is 8. The Hall–Kier alpha value is -2.66. The molecular formula is C27H22Br2N2O4S2. The topological polar surface area (TPSA) is 67.9 Å². The molecule has 1 N–H and O–H groups in total. The molecule has 0 saturated carbocycles. The van der Waals surface area contributed by atoms with Crippen molar-refractivity contribution in [3.05, 3.63) is 96.8 Å². The van der Waals surface area contributed by atoms with E-state index in [1.165, 1.54) is 0 Å². The van der Waals surface area contributed by atoms with Gasteiger partial charge < -0.3 is 9.47 Å². The highest BCUT2D eigenvalue weighted by Gasteiger charge is 2.34. The van der Waals surface area contributed by atoms with Gasteiger partial charge in [-0.25, -0.2) is 0 Å². The molecule has 6 nitrogen and oxygen atoms in total. The monoisotopic (exact) mass is 660 g/mol. The van der Waals surface area contributed by atoms with Crippen molar-refractivity contribution in [1.82, 2.24) is 10.4 Å². The van der Waals surface area contributed by atoms with E-state index in [9.17, 15) is 9.59 Å². The Kier molecular flexibility index (Phi) is 9.07. The maximum atomic E-state index is 13.1. The molecule has 3 aromatic carbocycles. The van der Waals surface area contributed by atoms with Crippen LogP contribution in [0.3, 0.4) is 0 Å². The second-order valence-corrected chi connectivity index (χ2v) is 11.5. The molecule has 0 unspecified atom stereocenters. The number of halogens is 2. The number of ether oxygens (including phenoxy) is 2. The number of hydrogen-bond acceptors (Lipinski definition) is 6. The zero-order valence-electron chi connectivity index (χ0n) is 19.9. The van der Waals surface area contributed by atoms with Crippen LogP contribution in [-0.2, 0) is 11.4 Å². The van der Waals surface area contributed by atoms with Crippen LogP contribution in [0.4, 0.5) is 0 Å². The zero-order chi connectivity index (χ0) is 26.5. The Balaban J connectivity index is 1.53. The number of amides is 2. The highest BCUT2D eigenvalue weighted by atomic mass is 79.9. The van der Waals surface area contributed by atoms with Gasteiger partial charge >= 0.3 is 0 Å². The molecule has 1 heterocycles. The fourth-order valence-corrected chi connectivity index (χ4v) is 5.64. The van der Waals surface area contributed by atoms with Crippen molar-refractivity contribution >= 4 is 78.1 Å². The van der Waals surface area contributed by atoms with Crippen LogP contribution in [0, 0.1) is 6.92 Å². The molecule has 0 bridgehead atoms. The van der Waals surface area contributed by atoms with E-state index < -0.39 is 11.8 Å². The molecule has 0 aliphatic carbocycles. The summed E-state index contributed by atoms with van der Waals surface area (Å²) < 4.78 is 13.8.